The van der Waals surface area contributed by atoms with Crippen molar-refractivity contribution < 1.29 is 43.3 Å². The number of nitrogens with one attached hydrogen (secondary N) is 2. The standard InChI is InChI=1S/C40H34N4O10/c45-31(24-52-36-28-18-10-11-19-32(28)54-39(50)35(36)26-14-6-2-7-15-26)29(20-34(47)48)42-33(46)22-44-37(27-16-8-3-9-17-27)41-21-30(38(44)49)43-40(51)53-23-25-12-4-1-5-13-25/h1-19,21,29,35-36H,20,22-24H2,(H,42,46)(H,43,51)(H,47,48)/t29-,35?,36?/m0/s1. The number of rotatable bonds is 14. The fourth-order valence-electron chi connectivity index (χ4n) is 5.93. The minimum absolute atomic E-state index is 0.0637. The number of benzene rings is 4. The molecule has 4 aromatic carbocycles. The van der Waals surface area contributed by atoms with E-state index in [0.717, 1.165) is 16.3 Å². The van der Waals surface area contributed by atoms with Gasteiger partial charge in [-0.15, -0.1) is 0 Å². The van der Waals surface area contributed by atoms with E-state index >= 15 is 0 Å². The molecule has 0 bridgehead atoms. The summed E-state index contributed by atoms with van der Waals surface area (Å²) < 4.78 is 17.8. The molecule has 54 heavy (non-hydrogen) atoms. The van der Waals surface area contributed by atoms with Gasteiger partial charge < -0.3 is 24.6 Å². The van der Waals surface area contributed by atoms with Gasteiger partial charge in [-0.3, -0.25) is 33.9 Å². The Morgan fingerprint density at radius 2 is 1.50 bits per heavy atom. The zero-order valence-corrected chi connectivity index (χ0v) is 28.6. The minimum atomic E-state index is -1.57. The van der Waals surface area contributed by atoms with E-state index in [1.807, 2.05) is 6.07 Å². The van der Waals surface area contributed by atoms with E-state index in [-0.39, 0.29) is 23.9 Å². The number of para-hydroxylation sites is 1. The second-order valence-electron chi connectivity index (χ2n) is 12.2. The molecule has 6 rings (SSSR count). The first-order valence-electron chi connectivity index (χ1n) is 16.8. The summed E-state index contributed by atoms with van der Waals surface area (Å²) in [5, 5.41) is 14.4. The van der Waals surface area contributed by atoms with Crippen molar-refractivity contribution in [1.82, 2.24) is 14.9 Å². The number of nitrogens with zero attached hydrogens (tertiary/aromatic N) is 2. The van der Waals surface area contributed by atoms with Crippen molar-refractivity contribution in [3.8, 4) is 17.1 Å². The molecule has 14 nitrogen and oxygen atoms in total. The largest absolute Gasteiger partial charge is 0.481 e. The van der Waals surface area contributed by atoms with Crippen LogP contribution < -0.4 is 20.9 Å². The molecule has 0 spiro atoms. The summed E-state index contributed by atoms with van der Waals surface area (Å²) in [6.45, 7) is -1.44. The number of fused-ring (bicyclic) bond motifs is 1. The quantitative estimate of drug-likeness (QED) is 0.106. The maximum absolute atomic E-state index is 13.7. The molecule has 0 fully saturated rings. The summed E-state index contributed by atoms with van der Waals surface area (Å²) in [6, 6.07) is 31.2. The highest BCUT2D eigenvalue weighted by Crippen LogP contribution is 2.43. The van der Waals surface area contributed by atoms with Crippen LogP contribution in [0.3, 0.4) is 0 Å². The van der Waals surface area contributed by atoms with Crippen LogP contribution >= 0.6 is 0 Å². The van der Waals surface area contributed by atoms with Gasteiger partial charge in [0.25, 0.3) is 5.56 Å². The Hall–Kier alpha value is -6.93. The summed E-state index contributed by atoms with van der Waals surface area (Å²) in [6.07, 6.45) is -1.56. The molecule has 3 N–H and O–H groups in total. The second kappa shape index (κ2) is 17.1. The highest BCUT2D eigenvalue weighted by Gasteiger charge is 2.40. The first-order chi connectivity index (χ1) is 26.2. The van der Waals surface area contributed by atoms with E-state index < -0.39 is 72.9 Å². The van der Waals surface area contributed by atoms with Gasteiger partial charge in [-0.05, 0) is 17.2 Å². The Labute approximate surface area is 308 Å². The summed E-state index contributed by atoms with van der Waals surface area (Å²) in [5.41, 5.74) is 1.18. The number of anilines is 1. The van der Waals surface area contributed by atoms with Crippen molar-refractivity contribution in [1.29, 1.82) is 0 Å². The molecule has 1 aliphatic heterocycles. The average molecular weight is 731 g/mol. The molecule has 1 aromatic heterocycles. The number of Topliss-reactive ketones (excluding diaryl/α,β-unsaturated/α-hetero) is 1. The number of ether oxygens (including phenoxy) is 3. The van der Waals surface area contributed by atoms with Crippen LogP contribution in [0, 0.1) is 0 Å². The van der Waals surface area contributed by atoms with Crippen LogP contribution in [0.5, 0.6) is 5.75 Å². The lowest BCUT2D eigenvalue weighted by atomic mass is 9.86. The Morgan fingerprint density at radius 3 is 2.20 bits per heavy atom. The van der Waals surface area contributed by atoms with Gasteiger partial charge in [0.2, 0.25) is 5.91 Å². The average Bonchev–Trinajstić information content (AvgIpc) is 3.18. The lowest BCUT2D eigenvalue weighted by molar-refractivity contribution is -0.146. The van der Waals surface area contributed by atoms with Crippen molar-refractivity contribution in [3.63, 3.8) is 0 Å². The number of aromatic nitrogens is 2. The van der Waals surface area contributed by atoms with Crippen molar-refractivity contribution in [2.24, 2.45) is 0 Å². The van der Waals surface area contributed by atoms with Crippen LogP contribution in [0.25, 0.3) is 11.4 Å². The number of hydrogen-bond donors (Lipinski definition) is 3. The topological polar surface area (TPSA) is 192 Å². The molecule has 0 saturated carbocycles. The molecule has 2 unspecified atom stereocenters. The first kappa shape index (κ1) is 36.8. The smallest absolute Gasteiger partial charge is 0.412 e. The van der Waals surface area contributed by atoms with Crippen LogP contribution in [0.2, 0.25) is 0 Å². The van der Waals surface area contributed by atoms with Crippen molar-refractivity contribution >= 4 is 35.4 Å². The third-order valence-electron chi connectivity index (χ3n) is 8.49. The highest BCUT2D eigenvalue weighted by atomic mass is 16.6. The molecule has 3 atom stereocenters. The van der Waals surface area contributed by atoms with Gasteiger partial charge in [-0.25, -0.2) is 9.78 Å². The van der Waals surface area contributed by atoms with Gasteiger partial charge in [0, 0.05) is 11.1 Å². The molecule has 5 aromatic rings. The third kappa shape index (κ3) is 8.92. The number of esters is 1. The van der Waals surface area contributed by atoms with Gasteiger partial charge in [-0.1, -0.05) is 109 Å². The van der Waals surface area contributed by atoms with Crippen LogP contribution in [0.4, 0.5) is 10.5 Å². The van der Waals surface area contributed by atoms with Crippen LogP contribution in [-0.2, 0) is 41.8 Å². The molecular weight excluding hydrogens is 696 g/mol. The van der Waals surface area contributed by atoms with Crippen LogP contribution in [-0.4, -0.2) is 57.0 Å². The van der Waals surface area contributed by atoms with Gasteiger partial charge in [0.1, 0.15) is 55.1 Å². The maximum atomic E-state index is 13.7. The lowest BCUT2D eigenvalue weighted by Gasteiger charge is -2.32. The summed E-state index contributed by atoms with van der Waals surface area (Å²) in [4.78, 5) is 82.8. The molecule has 274 valence electrons. The van der Waals surface area contributed by atoms with Gasteiger partial charge in [0.15, 0.2) is 5.78 Å². The highest BCUT2D eigenvalue weighted by molar-refractivity contribution is 5.93. The number of carbonyl (C=O) groups is 5. The molecule has 14 heteroatoms. The first-order valence-corrected chi connectivity index (χ1v) is 16.8. The Kier molecular flexibility index (Phi) is 11.6. The Balaban J connectivity index is 1.20. The zero-order valence-electron chi connectivity index (χ0n) is 28.6. The molecule has 2 heterocycles. The van der Waals surface area contributed by atoms with E-state index in [1.54, 1.807) is 109 Å². The van der Waals surface area contributed by atoms with Crippen molar-refractivity contribution in [2.75, 3.05) is 11.9 Å². The predicted octanol–water partition coefficient (Wildman–Crippen LogP) is 4.65. The Morgan fingerprint density at radius 1 is 0.852 bits per heavy atom. The molecular formula is C40H34N4O10. The number of hydrogen-bond acceptors (Lipinski definition) is 10. The molecule has 2 amide bonds. The normalized spacial score (nSPS) is 15.2. The maximum Gasteiger partial charge on any atom is 0.412 e. The van der Waals surface area contributed by atoms with Gasteiger partial charge in [0.05, 0.1) is 12.6 Å². The lowest BCUT2D eigenvalue weighted by Crippen LogP contribution is -2.46. The molecule has 1 aliphatic rings. The predicted molar refractivity (Wildman–Crippen MR) is 193 cm³/mol. The van der Waals surface area contributed by atoms with Crippen molar-refractivity contribution in [2.45, 2.75) is 37.6 Å². The summed E-state index contributed by atoms with van der Waals surface area (Å²) in [5.74, 6) is -4.27. The fourth-order valence-corrected chi connectivity index (χ4v) is 5.93. The Bertz CT molecular complexity index is 2210. The molecule has 0 aliphatic carbocycles. The van der Waals surface area contributed by atoms with E-state index in [1.165, 1.54) is 0 Å². The second-order valence-corrected chi connectivity index (χ2v) is 12.2. The zero-order chi connectivity index (χ0) is 38.0. The molecule has 0 radical (unpaired) electrons. The van der Waals surface area contributed by atoms with E-state index in [0.29, 0.717) is 16.7 Å². The van der Waals surface area contributed by atoms with Crippen LogP contribution in [0.15, 0.2) is 126 Å². The number of carboxylic acid groups (broad SMARTS) is 1. The minimum Gasteiger partial charge on any atom is -0.481 e. The van der Waals surface area contributed by atoms with E-state index in [2.05, 4.69) is 15.6 Å². The third-order valence-corrected chi connectivity index (χ3v) is 8.49. The van der Waals surface area contributed by atoms with E-state index in [4.69, 9.17) is 14.2 Å². The number of ketones is 1. The van der Waals surface area contributed by atoms with Gasteiger partial charge in [-0.2, -0.15) is 0 Å². The SMILES string of the molecule is O=C(O)C[C@H](NC(=O)Cn1c(-c2ccccc2)ncc(NC(=O)OCc2ccccc2)c1=O)C(=O)COC1c2ccccc2OC(=O)C1c1ccccc1. The summed E-state index contributed by atoms with van der Waals surface area (Å²) in [7, 11) is 0. The number of carboxylic acids is 1. The van der Waals surface area contributed by atoms with Gasteiger partial charge >= 0.3 is 18.0 Å². The number of carbonyl (C=O) groups excluding carboxylic acids is 4. The number of amides is 2. The molecule has 0 saturated heterocycles. The summed E-state index contributed by atoms with van der Waals surface area (Å²) >= 11 is 0. The monoisotopic (exact) mass is 730 g/mol. The van der Waals surface area contributed by atoms with Crippen molar-refractivity contribution in [3.05, 3.63) is 149 Å². The van der Waals surface area contributed by atoms with Crippen LogP contribution in [0.1, 0.15) is 35.1 Å². The fraction of sp³-hybridized carbons (Fsp3) is 0.175. The number of aliphatic carboxylic acids is 1. The van der Waals surface area contributed by atoms with E-state index in [9.17, 15) is 33.9 Å².